The largest absolute Gasteiger partial charge is 0.355 e. The summed E-state index contributed by atoms with van der Waals surface area (Å²) in [4.78, 5) is 28.0. The third-order valence-corrected chi connectivity index (χ3v) is 8.92. The second-order valence-electron chi connectivity index (χ2n) is 8.62. The molecule has 0 aliphatic heterocycles. The Morgan fingerprint density at radius 2 is 1.68 bits per heavy atom. The predicted molar refractivity (Wildman–Crippen MR) is 155 cm³/mol. The number of anilines is 1. The Morgan fingerprint density at radius 3 is 2.32 bits per heavy atom. The van der Waals surface area contributed by atoms with Gasteiger partial charge in [0.05, 0.1) is 20.6 Å². The topological polar surface area (TPSA) is 86.8 Å². The molecule has 3 aromatic rings. The van der Waals surface area contributed by atoms with Crippen LogP contribution in [0.15, 0.2) is 76.1 Å². The smallest absolute Gasteiger partial charge is 0.264 e. The van der Waals surface area contributed by atoms with Gasteiger partial charge in [0.25, 0.3) is 10.0 Å². The molecule has 0 radical (unpaired) electrons. The first-order valence-corrected chi connectivity index (χ1v) is 14.8. The van der Waals surface area contributed by atoms with E-state index in [1.54, 1.807) is 32.0 Å². The zero-order chi connectivity index (χ0) is 28.0. The zero-order valence-corrected chi connectivity index (χ0v) is 25.0. The van der Waals surface area contributed by atoms with E-state index in [9.17, 15) is 18.0 Å². The number of amides is 2. The number of rotatable bonds is 10. The molecule has 1 N–H and O–H groups in total. The molecule has 3 rings (SSSR count). The van der Waals surface area contributed by atoms with Crippen molar-refractivity contribution in [1.82, 2.24) is 10.2 Å². The number of likely N-dealkylation sites (N-methyl/N-ethyl adjacent to an activating group) is 1. The molecule has 3 aromatic carbocycles. The molecule has 0 aliphatic rings. The van der Waals surface area contributed by atoms with Crippen molar-refractivity contribution in [2.45, 2.75) is 38.3 Å². The summed E-state index contributed by atoms with van der Waals surface area (Å²) in [6.45, 7) is 5.09. The van der Waals surface area contributed by atoms with Crippen LogP contribution in [0.5, 0.6) is 0 Å². The highest BCUT2D eigenvalue weighted by atomic mass is 79.9. The zero-order valence-electron chi connectivity index (χ0n) is 21.1. The van der Waals surface area contributed by atoms with Gasteiger partial charge in [0.15, 0.2) is 0 Å². The van der Waals surface area contributed by atoms with Crippen LogP contribution < -0.4 is 9.62 Å². The number of nitrogens with zero attached hydrogens (tertiary/aromatic N) is 2. The first-order valence-electron chi connectivity index (χ1n) is 11.8. The highest BCUT2D eigenvalue weighted by molar-refractivity contribution is 9.10. The third kappa shape index (κ3) is 7.08. The summed E-state index contributed by atoms with van der Waals surface area (Å²) in [6.07, 6.45) is 0. The predicted octanol–water partition coefficient (Wildman–Crippen LogP) is 5.81. The van der Waals surface area contributed by atoms with Gasteiger partial charge in [0.1, 0.15) is 12.6 Å². The van der Waals surface area contributed by atoms with E-state index in [0.29, 0.717) is 6.54 Å². The van der Waals surface area contributed by atoms with Gasteiger partial charge in [-0.2, -0.15) is 0 Å². The van der Waals surface area contributed by atoms with Gasteiger partial charge >= 0.3 is 0 Å². The molecule has 0 fully saturated rings. The second kappa shape index (κ2) is 13.0. The van der Waals surface area contributed by atoms with Crippen molar-refractivity contribution in [1.29, 1.82) is 0 Å². The van der Waals surface area contributed by atoms with Crippen LogP contribution >= 0.6 is 39.1 Å². The Balaban J connectivity index is 2.08. The van der Waals surface area contributed by atoms with Crippen LogP contribution in [0, 0.1) is 6.92 Å². The van der Waals surface area contributed by atoms with Crippen molar-refractivity contribution in [3.05, 3.63) is 92.4 Å². The maximum absolute atomic E-state index is 13.8. The number of hydrogen-bond acceptors (Lipinski definition) is 4. The monoisotopic (exact) mass is 639 g/mol. The lowest BCUT2D eigenvalue weighted by Crippen LogP contribution is -2.51. The SMILES string of the molecule is CCNC(=O)[C@@H](C)N(Cc1cccc(Br)c1)C(=O)CN(c1cccc(Cl)c1Cl)S(=O)(=O)c1ccc(C)cc1. The number of sulfonamides is 1. The number of carbonyl (C=O) groups excluding carboxylic acids is 2. The minimum Gasteiger partial charge on any atom is -0.355 e. The van der Waals surface area contributed by atoms with E-state index < -0.39 is 28.5 Å². The lowest BCUT2D eigenvalue weighted by Gasteiger charge is -2.32. The van der Waals surface area contributed by atoms with Crippen LogP contribution in [-0.4, -0.2) is 44.3 Å². The number of hydrogen-bond donors (Lipinski definition) is 1. The van der Waals surface area contributed by atoms with Crippen LogP contribution in [0.2, 0.25) is 10.0 Å². The molecule has 7 nitrogen and oxygen atoms in total. The molecule has 2 amide bonds. The van der Waals surface area contributed by atoms with Gasteiger partial charge < -0.3 is 10.2 Å². The number of aryl methyl sites for hydroxylation is 1. The molecule has 11 heteroatoms. The number of nitrogens with one attached hydrogen (secondary N) is 1. The standard InChI is InChI=1S/C27H28BrCl2N3O4S/c1-4-31-27(35)19(3)32(16-20-7-5-8-21(28)15-20)25(34)17-33(24-10-6-9-23(29)26(24)30)38(36,37)22-13-11-18(2)12-14-22/h5-15,19H,4,16-17H2,1-3H3,(H,31,35)/t19-/m1/s1. The van der Waals surface area contributed by atoms with Gasteiger partial charge in [-0.25, -0.2) is 8.42 Å². The van der Waals surface area contributed by atoms with E-state index in [0.717, 1.165) is 19.9 Å². The summed E-state index contributed by atoms with van der Waals surface area (Å²) in [5.41, 5.74) is 1.70. The normalized spacial score (nSPS) is 12.1. The molecule has 0 heterocycles. The van der Waals surface area contributed by atoms with E-state index in [1.165, 1.54) is 29.2 Å². The molecular weight excluding hydrogens is 613 g/mol. The van der Waals surface area contributed by atoms with E-state index in [2.05, 4.69) is 21.2 Å². The van der Waals surface area contributed by atoms with Crippen molar-refractivity contribution in [3.8, 4) is 0 Å². The Kier molecular flexibility index (Phi) is 10.2. The third-order valence-electron chi connectivity index (χ3n) is 5.85. The summed E-state index contributed by atoms with van der Waals surface area (Å²) < 4.78 is 29.4. The maximum Gasteiger partial charge on any atom is 0.264 e. The van der Waals surface area contributed by atoms with Gasteiger partial charge in [0.2, 0.25) is 11.8 Å². The minimum absolute atomic E-state index is 0.00651. The maximum atomic E-state index is 13.8. The molecule has 0 aromatic heterocycles. The van der Waals surface area contributed by atoms with Crippen LogP contribution in [0.4, 0.5) is 5.69 Å². The molecule has 0 spiro atoms. The van der Waals surface area contributed by atoms with E-state index in [-0.39, 0.29) is 33.1 Å². The average Bonchev–Trinajstić information content (AvgIpc) is 2.87. The van der Waals surface area contributed by atoms with Gasteiger partial charge in [-0.15, -0.1) is 0 Å². The molecular formula is C27H28BrCl2N3O4S. The fourth-order valence-corrected chi connectivity index (χ4v) is 6.09. The molecule has 202 valence electrons. The Bertz CT molecular complexity index is 1420. The van der Waals surface area contributed by atoms with Gasteiger partial charge in [-0.1, -0.05) is 75.0 Å². The molecule has 0 unspecified atom stereocenters. The van der Waals surface area contributed by atoms with Gasteiger partial charge in [-0.3, -0.25) is 13.9 Å². The van der Waals surface area contributed by atoms with Crippen LogP contribution in [0.1, 0.15) is 25.0 Å². The highest BCUT2D eigenvalue weighted by Gasteiger charge is 2.33. The van der Waals surface area contributed by atoms with E-state index in [1.807, 2.05) is 31.2 Å². The van der Waals surface area contributed by atoms with Crippen LogP contribution in [0.3, 0.4) is 0 Å². The fraction of sp³-hybridized carbons (Fsp3) is 0.259. The summed E-state index contributed by atoms with van der Waals surface area (Å²) in [5.74, 6) is -0.944. The molecule has 0 bridgehead atoms. The van der Waals surface area contributed by atoms with Crippen LogP contribution in [0.25, 0.3) is 0 Å². The lowest BCUT2D eigenvalue weighted by molar-refractivity contribution is -0.139. The summed E-state index contributed by atoms with van der Waals surface area (Å²) in [5, 5.41) is 2.86. The van der Waals surface area contributed by atoms with Gasteiger partial charge in [0, 0.05) is 17.6 Å². The van der Waals surface area contributed by atoms with E-state index >= 15 is 0 Å². The Hall–Kier alpha value is -2.59. The van der Waals surface area contributed by atoms with Gasteiger partial charge in [-0.05, 0) is 62.7 Å². The molecule has 38 heavy (non-hydrogen) atoms. The summed E-state index contributed by atoms with van der Waals surface area (Å²) >= 11 is 16.1. The fourth-order valence-electron chi connectivity index (χ4n) is 3.77. The first-order chi connectivity index (χ1) is 17.9. The summed E-state index contributed by atoms with van der Waals surface area (Å²) in [6, 6.07) is 17.3. The summed E-state index contributed by atoms with van der Waals surface area (Å²) in [7, 11) is -4.24. The van der Waals surface area contributed by atoms with Crippen molar-refractivity contribution in [2.24, 2.45) is 0 Å². The van der Waals surface area contributed by atoms with Crippen molar-refractivity contribution in [2.75, 3.05) is 17.4 Å². The Morgan fingerprint density at radius 1 is 1.03 bits per heavy atom. The Labute approximate surface area is 241 Å². The second-order valence-corrected chi connectivity index (χ2v) is 12.2. The van der Waals surface area contributed by atoms with E-state index in [4.69, 9.17) is 23.2 Å². The quantitative estimate of drug-likeness (QED) is 0.303. The average molecular weight is 641 g/mol. The van der Waals surface area contributed by atoms with Crippen molar-refractivity contribution >= 4 is 66.7 Å². The van der Waals surface area contributed by atoms with Crippen molar-refractivity contribution in [3.63, 3.8) is 0 Å². The lowest BCUT2D eigenvalue weighted by atomic mass is 10.1. The number of carbonyl (C=O) groups is 2. The molecule has 0 aliphatic carbocycles. The number of benzene rings is 3. The molecule has 0 saturated heterocycles. The highest BCUT2D eigenvalue weighted by Crippen LogP contribution is 2.35. The molecule has 0 saturated carbocycles. The van der Waals surface area contributed by atoms with Crippen LogP contribution in [-0.2, 0) is 26.2 Å². The first kappa shape index (κ1) is 30.0. The number of halogens is 3. The minimum atomic E-state index is -4.24. The van der Waals surface area contributed by atoms with Crippen molar-refractivity contribution < 1.29 is 18.0 Å². The molecule has 1 atom stereocenters.